The molecule has 2 heterocycles. The SMILES string of the molecule is CNc1ncnc(NCc2ccsc2)c1C(C)C. The predicted molar refractivity (Wildman–Crippen MR) is 77.3 cm³/mol. The Labute approximate surface area is 111 Å². The van der Waals surface area contributed by atoms with Gasteiger partial charge in [-0.05, 0) is 28.3 Å². The van der Waals surface area contributed by atoms with E-state index in [1.165, 1.54) is 5.56 Å². The van der Waals surface area contributed by atoms with Gasteiger partial charge >= 0.3 is 0 Å². The Bertz CT molecular complexity index is 494. The molecule has 0 aromatic carbocycles. The summed E-state index contributed by atoms with van der Waals surface area (Å²) in [5, 5.41) is 10.7. The lowest BCUT2D eigenvalue weighted by Crippen LogP contribution is -2.09. The van der Waals surface area contributed by atoms with Crippen molar-refractivity contribution >= 4 is 23.0 Å². The first-order chi connectivity index (χ1) is 8.72. The molecular weight excluding hydrogens is 244 g/mol. The van der Waals surface area contributed by atoms with Crippen LogP contribution in [0, 0.1) is 0 Å². The van der Waals surface area contributed by atoms with Crippen molar-refractivity contribution < 1.29 is 0 Å². The Morgan fingerprint density at radius 3 is 2.67 bits per heavy atom. The predicted octanol–water partition coefficient (Wildman–Crippen LogP) is 3.32. The van der Waals surface area contributed by atoms with Crippen LogP contribution in [0.2, 0.25) is 0 Å². The van der Waals surface area contributed by atoms with E-state index in [0.717, 1.165) is 23.7 Å². The van der Waals surface area contributed by atoms with E-state index in [4.69, 9.17) is 0 Å². The molecule has 2 aromatic heterocycles. The summed E-state index contributed by atoms with van der Waals surface area (Å²) >= 11 is 1.71. The summed E-state index contributed by atoms with van der Waals surface area (Å²) in [4.78, 5) is 8.61. The molecular formula is C13H18N4S. The molecule has 0 fully saturated rings. The molecule has 5 heteroatoms. The average molecular weight is 262 g/mol. The third kappa shape index (κ3) is 2.79. The highest BCUT2D eigenvalue weighted by molar-refractivity contribution is 7.07. The fourth-order valence-electron chi connectivity index (χ4n) is 1.86. The van der Waals surface area contributed by atoms with Gasteiger partial charge in [0.15, 0.2) is 0 Å². The summed E-state index contributed by atoms with van der Waals surface area (Å²) in [7, 11) is 1.89. The van der Waals surface area contributed by atoms with Crippen LogP contribution in [0.1, 0.15) is 30.9 Å². The van der Waals surface area contributed by atoms with Crippen molar-refractivity contribution in [1.82, 2.24) is 9.97 Å². The average Bonchev–Trinajstić information content (AvgIpc) is 2.88. The topological polar surface area (TPSA) is 49.8 Å². The second-order valence-electron chi connectivity index (χ2n) is 4.37. The molecule has 0 saturated carbocycles. The van der Waals surface area contributed by atoms with Gasteiger partial charge in [-0.1, -0.05) is 13.8 Å². The van der Waals surface area contributed by atoms with E-state index in [-0.39, 0.29) is 0 Å². The van der Waals surface area contributed by atoms with Gasteiger partial charge in [0.2, 0.25) is 0 Å². The Hall–Kier alpha value is -1.62. The monoisotopic (exact) mass is 262 g/mol. The quantitative estimate of drug-likeness (QED) is 0.868. The molecule has 0 aliphatic heterocycles. The van der Waals surface area contributed by atoms with Crippen LogP contribution in [-0.4, -0.2) is 17.0 Å². The van der Waals surface area contributed by atoms with Crippen LogP contribution in [0.3, 0.4) is 0 Å². The van der Waals surface area contributed by atoms with E-state index in [2.05, 4.69) is 51.3 Å². The van der Waals surface area contributed by atoms with E-state index < -0.39 is 0 Å². The van der Waals surface area contributed by atoms with Gasteiger partial charge in [0.25, 0.3) is 0 Å². The number of hydrogen-bond acceptors (Lipinski definition) is 5. The Kier molecular flexibility index (Phi) is 4.15. The lowest BCUT2D eigenvalue weighted by atomic mass is 10.0. The molecule has 0 spiro atoms. The molecule has 0 bridgehead atoms. The first kappa shape index (κ1) is 12.8. The zero-order valence-electron chi connectivity index (χ0n) is 10.9. The van der Waals surface area contributed by atoms with Gasteiger partial charge in [-0.15, -0.1) is 0 Å². The number of nitrogens with zero attached hydrogens (tertiary/aromatic N) is 2. The van der Waals surface area contributed by atoms with Crippen molar-refractivity contribution in [2.75, 3.05) is 17.7 Å². The summed E-state index contributed by atoms with van der Waals surface area (Å²) in [6.45, 7) is 5.09. The minimum absolute atomic E-state index is 0.374. The van der Waals surface area contributed by atoms with Crippen LogP contribution in [-0.2, 0) is 6.54 Å². The van der Waals surface area contributed by atoms with Crippen LogP contribution >= 0.6 is 11.3 Å². The molecule has 0 radical (unpaired) electrons. The minimum Gasteiger partial charge on any atom is -0.373 e. The standard InChI is InChI=1S/C13H18N4S/c1-9(2)11-12(14-3)16-8-17-13(11)15-6-10-4-5-18-7-10/h4-5,7-9H,6H2,1-3H3,(H2,14,15,16,17). The van der Waals surface area contributed by atoms with E-state index in [1.54, 1.807) is 17.7 Å². The lowest BCUT2D eigenvalue weighted by Gasteiger charge is -2.16. The minimum atomic E-state index is 0.374. The van der Waals surface area contributed by atoms with Gasteiger partial charge in [-0.3, -0.25) is 0 Å². The van der Waals surface area contributed by atoms with Gasteiger partial charge in [-0.2, -0.15) is 11.3 Å². The normalized spacial score (nSPS) is 10.7. The van der Waals surface area contributed by atoms with Crippen LogP contribution in [0.4, 0.5) is 11.6 Å². The second kappa shape index (κ2) is 5.82. The largest absolute Gasteiger partial charge is 0.373 e. The molecule has 18 heavy (non-hydrogen) atoms. The highest BCUT2D eigenvalue weighted by Crippen LogP contribution is 2.28. The van der Waals surface area contributed by atoms with Crippen LogP contribution in [0.25, 0.3) is 0 Å². The molecule has 2 rings (SSSR count). The van der Waals surface area contributed by atoms with Gasteiger partial charge < -0.3 is 10.6 Å². The van der Waals surface area contributed by atoms with Crippen LogP contribution in [0.15, 0.2) is 23.2 Å². The van der Waals surface area contributed by atoms with Gasteiger partial charge in [-0.25, -0.2) is 9.97 Å². The zero-order chi connectivity index (χ0) is 13.0. The first-order valence-corrected chi connectivity index (χ1v) is 6.94. The second-order valence-corrected chi connectivity index (χ2v) is 5.15. The maximum atomic E-state index is 4.35. The summed E-state index contributed by atoms with van der Waals surface area (Å²) < 4.78 is 0. The van der Waals surface area contributed by atoms with Gasteiger partial charge in [0.05, 0.1) is 0 Å². The zero-order valence-corrected chi connectivity index (χ0v) is 11.7. The number of nitrogens with one attached hydrogen (secondary N) is 2. The van der Waals surface area contributed by atoms with E-state index in [0.29, 0.717) is 5.92 Å². The smallest absolute Gasteiger partial charge is 0.135 e. The fourth-order valence-corrected chi connectivity index (χ4v) is 2.53. The maximum Gasteiger partial charge on any atom is 0.135 e. The Balaban J connectivity index is 2.21. The highest BCUT2D eigenvalue weighted by atomic mass is 32.1. The fraction of sp³-hybridized carbons (Fsp3) is 0.385. The molecule has 4 nitrogen and oxygen atoms in total. The van der Waals surface area contributed by atoms with Crippen molar-refractivity contribution in [2.45, 2.75) is 26.3 Å². The van der Waals surface area contributed by atoms with Gasteiger partial charge in [0.1, 0.15) is 18.0 Å². The molecule has 0 amide bonds. The van der Waals surface area contributed by atoms with Crippen molar-refractivity contribution in [1.29, 1.82) is 0 Å². The summed E-state index contributed by atoms with van der Waals surface area (Å²) in [6, 6.07) is 2.12. The molecule has 0 unspecified atom stereocenters. The molecule has 0 atom stereocenters. The molecule has 0 saturated heterocycles. The highest BCUT2D eigenvalue weighted by Gasteiger charge is 2.13. The molecule has 0 aliphatic rings. The summed E-state index contributed by atoms with van der Waals surface area (Å²) in [6.07, 6.45) is 1.59. The third-order valence-electron chi connectivity index (χ3n) is 2.74. The number of hydrogen-bond donors (Lipinski definition) is 2. The molecule has 2 N–H and O–H groups in total. The number of anilines is 2. The number of thiophene rings is 1. The maximum absolute atomic E-state index is 4.35. The molecule has 96 valence electrons. The Morgan fingerprint density at radius 1 is 1.28 bits per heavy atom. The number of rotatable bonds is 5. The third-order valence-corrected chi connectivity index (χ3v) is 3.47. The first-order valence-electron chi connectivity index (χ1n) is 6.00. The van der Waals surface area contributed by atoms with Crippen molar-refractivity contribution in [3.05, 3.63) is 34.3 Å². The van der Waals surface area contributed by atoms with E-state index >= 15 is 0 Å². The van der Waals surface area contributed by atoms with E-state index in [9.17, 15) is 0 Å². The van der Waals surface area contributed by atoms with Crippen molar-refractivity contribution in [2.24, 2.45) is 0 Å². The van der Waals surface area contributed by atoms with Crippen molar-refractivity contribution in [3.8, 4) is 0 Å². The number of aromatic nitrogens is 2. The van der Waals surface area contributed by atoms with Crippen LogP contribution < -0.4 is 10.6 Å². The van der Waals surface area contributed by atoms with Crippen LogP contribution in [0.5, 0.6) is 0 Å². The Morgan fingerprint density at radius 2 is 2.06 bits per heavy atom. The molecule has 2 aromatic rings. The lowest BCUT2D eigenvalue weighted by molar-refractivity contribution is 0.847. The van der Waals surface area contributed by atoms with Crippen molar-refractivity contribution in [3.63, 3.8) is 0 Å². The van der Waals surface area contributed by atoms with Gasteiger partial charge in [0, 0.05) is 19.2 Å². The van der Waals surface area contributed by atoms with E-state index in [1.807, 2.05) is 7.05 Å². The summed E-state index contributed by atoms with van der Waals surface area (Å²) in [5.74, 6) is 2.18. The summed E-state index contributed by atoms with van der Waals surface area (Å²) in [5.41, 5.74) is 2.41. The molecule has 0 aliphatic carbocycles.